The van der Waals surface area contributed by atoms with Crippen molar-refractivity contribution in [1.29, 1.82) is 0 Å². The molecule has 0 aromatic heterocycles. The van der Waals surface area contributed by atoms with Gasteiger partial charge in [-0.1, -0.05) is 218 Å². The maximum Gasteiger partial charge on any atom is 0.335 e. The molecule has 12 nitrogen and oxygen atoms in total. The molecular weight excluding hydrogens is 949 g/mol. The van der Waals surface area contributed by atoms with Gasteiger partial charge in [0.2, 0.25) is 0 Å². The first kappa shape index (κ1) is 70.0. The third kappa shape index (κ3) is 41.7. The molecule has 0 amide bonds. The van der Waals surface area contributed by atoms with Crippen LogP contribution in [0.15, 0.2) is 36.5 Å². The van der Waals surface area contributed by atoms with Crippen LogP contribution in [0.3, 0.4) is 0 Å². The number of ether oxygens (including phenoxy) is 5. The van der Waals surface area contributed by atoms with Crippen molar-refractivity contribution in [1.82, 2.24) is 0 Å². The van der Waals surface area contributed by atoms with E-state index in [2.05, 4.69) is 57.2 Å². The van der Waals surface area contributed by atoms with Gasteiger partial charge in [0.15, 0.2) is 24.6 Å². The number of hydrogen-bond donors (Lipinski definition) is 3. The van der Waals surface area contributed by atoms with Crippen LogP contribution in [-0.2, 0) is 42.9 Å². The Hall–Kier alpha value is -3.06. The molecule has 1 aliphatic rings. The van der Waals surface area contributed by atoms with Crippen molar-refractivity contribution in [3.8, 4) is 0 Å². The third-order valence-corrected chi connectivity index (χ3v) is 14.2. The minimum absolute atomic E-state index is 0.0593. The third-order valence-electron chi connectivity index (χ3n) is 14.2. The van der Waals surface area contributed by atoms with Crippen LogP contribution in [0.4, 0.5) is 0 Å². The van der Waals surface area contributed by atoms with E-state index in [9.17, 15) is 34.5 Å². The average Bonchev–Trinajstić information content (AvgIpc) is 3.39. The minimum Gasteiger partial charge on any atom is -0.479 e. The quantitative estimate of drug-likeness (QED) is 0.0228. The van der Waals surface area contributed by atoms with E-state index in [1.54, 1.807) is 0 Å². The molecule has 0 radical (unpaired) electrons. The summed E-state index contributed by atoms with van der Waals surface area (Å²) in [5.74, 6) is -3.12. The molecule has 0 saturated carbocycles. The van der Waals surface area contributed by atoms with Crippen LogP contribution in [-0.4, -0.2) is 89.2 Å². The predicted molar refractivity (Wildman–Crippen MR) is 303 cm³/mol. The molecule has 1 heterocycles. The lowest BCUT2D eigenvalue weighted by molar-refractivity contribution is -0.301. The lowest BCUT2D eigenvalue weighted by atomic mass is 9.98. The first-order valence-corrected chi connectivity index (χ1v) is 31.0. The van der Waals surface area contributed by atoms with Crippen molar-refractivity contribution in [3.05, 3.63) is 36.5 Å². The van der Waals surface area contributed by atoms with Gasteiger partial charge in [0, 0.05) is 19.3 Å². The number of carboxylic acid groups (broad SMARTS) is 1. The number of esters is 3. The Balaban J connectivity index is 2.64. The maximum atomic E-state index is 13.1. The molecule has 0 aliphatic carbocycles. The van der Waals surface area contributed by atoms with Gasteiger partial charge >= 0.3 is 23.9 Å². The second-order valence-electron chi connectivity index (χ2n) is 21.3. The summed E-state index contributed by atoms with van der Waals surface area (Å²) < 4.78 is 28.4. The molecule has 436 valence electrons. The molecule has 3 N–H and O–H groups in total. The van der Waals surface area contributed by atoms with E-state index in [4.69, 9.17) is 23.7 Å². The second-order valence-corrected chi connectivity index (χ2v) is 21.3. The highest BCUT2D eigenvalue weighted by Gasteiger charge is 2.50. The fourth-order valence-corrected chi connectivity index (χ4v) is 9.34. The van der Waals surface area contributed by atoms with Gasteiger partial charge < -0.3 is 39.0 Å². The first-order chi connectivity index (χ1) is 36.6. The monoisotopic (exact) mass is 1060 g/mol. The highest BCUT2D eigenvalue weighted by Crippen LogP contribution is 2.27. The number of carbonyl (C=O) groups excluding carboxylic acids is 3. The van der Waals surface area contributed by atoms with Gasteiger partial charge in [-0.2, -0.15) is 0 Å². The van der Waals surface area contributed by atoms with Crippen molar-refractivity contribution in [3.63, 3.8) is 0 Å². The fraction of sp³-hybridized carbons (Fsp3) is 0.841. The van der Waals surface area contributed by atoms with Crippen LogP contribution >= 0.6 is 0 Å². The van der Waals surface area contributed by atoms with Gasteiger partial charge in [-0.25, -0.2) is 4.79 Å². The van der Waals surface area contributed by atoms with Crippen LogP contribution in [0.1, 0.15) is 290 Å². The standard InChI is InChI=1S/C63H112O12/c1-4-7-10-13-16-19-22-24-26-27-28-29-31-33-36-39-42-45-48-51-57(66)74-61-59(68)58(67)60(62(69)70)75-63(61)72-53-54(73-56(65)50-47-44-41-38-34-21-18-15-12-9-6-3)52-71-55(64)49-46-43-40-37-35-32-30-25-23-20-17-14-11-8-5-2/h15,18,24-26,30,54,58-61,63,67-68H,4-14,16-17,19-23,27-29,31-53H2,1-3H3,(H,69,70)/b18-15-,26-24-,30-25-. The second kappa shape index (κ2) is 51.7. The number of carboxylic acids is 1. The number of unbranched alkanes of at least 4 members (excludes halogenated alkanes) is 33. The fourth-order valence-electron chi connectivity index (χ4n) is 9.34. The number of aliphatic hydroxyl groups excluding tert-OH is 2. The highest BCUT2D eigenvalue weighted by molar-refractivity contribution is 5.74. The zero-order valence-corrected chi connectivity index (χ0v) is 48.1. The molecule has 6 atom stereocenters. The van der Waals surface area contributed by atoms with Crippen molar-refractivity contribution in [2.45, 2.75) is 327 Å². The van der Waals surface area contributed by atoms with Gasteiger partial charge in [0.25, 0.3) is 0 Å². The summed E-state index contributed by atoms with van der Waals surface area (Å²) in [4.78, 5) is 51.1. The molecule has 0 aromatic carbocycles. The Labute approximate surface area is 457 Å². The van der Waals surface area contributed by atoms with E-state index in [1.165, 1.54) is 122 Å². The van der Waals surface area contributed by atoms with Crippen LogP contribution in [0.25, 0.3) is 0 Å². The molecule has 1 aliphatic heterocycles. The molecule has 0 spiro atoms. The molecule has 0 bridgehead atoms. The number of carbonyl (C=O) groups is 4. The maximum absolute atomic E-state index is 13.1. The predicted octanol–water partition coefficient (Wildman–Crippen LogP) is 16.0. The van der Waals surface area contributed by atoms with E-state index in [0.717, 1.165) is 109 Å². The number of aliphatic carboxylic acids is 1. The molecular formula is C63H112O12. The van der Waals surface area contributed by atoms with E-state index in [0.29, 0.717) is 19.3 Å². The molecule has 1 fully saturated rings. The van der Waals surface area contributed by atoms with Gasteiger partial charge in [0.1, 0.15) is 18.8 Å². The van der Waals surface area contributed by atoms with Gasteiger partial charge in [-0.3, -0.25) is 14.4 Å². The molecule has 75 heavy (non-hydrogen) atoms. The van der Waals surface area contributed by atoms with E-state index < -0.39 is 67.3 Å². The Morgan fingerprint density at radius 2 is 0.773 bits per heavy atom. The van der Waals surface area contributed by atoms with E-state index >= 15 is 0 Å². The normalized spacial score (nSPS) is 18.3. The van der Waals surface area contributed by atoms with Crippen molar-refractivity contribution < 1.29 is 58.2 Å². The number of allylic oxidation sites excluding steroid dienone is 6. The summed E-state index contributed by atoms with van der Waals surface area (Å²) in [5, 5.41) is 31.5. The van der Waals surface area contributed by atoms with Gasteiger partial charge in [-0.05, 0) is 89.9 Å². The zero-order valence-electron chi connectivity index (χ0n) is 48.1. The van der Waals surface area contributed by atoms with Gasteiger partial charge in [0.05, 0.1) is 6.61 Å². The molecule has 6 unspecified atom stereocenters. The zero-order chi connectivity index (χ0) is 54.7. The molecule has 1 rings (SSSR count). The van der Waals surface area contributed by atoms with Crippen LogP contribution < -0.4 is 0 Å². The summed E-state index contributed by atoms with van der Waals surface area (Å²) in [7, 11) is 0. The first-order valence-electron chi connectivity index (χ1n) is 31.0. The largest absolute Gasteiger partial charge is 0.479 e. The lowest BCUT2D eigenvalue weighted by Crippen LogP contribution is -2.61. The Morgan fingerprint density at radius 1 is 0.427 bits per heavy atom. The topological polar surface area (TPSA) is 175 Å². The van der Waals surface area contributed by atoms with Crippen LogP contribution in [0.2, 0.25) is 0 Å². The highest BCUT2D eigenvalue weighted by atomic mass is 16.7. The molecule has 1 saturated heterocycles. The average molecular weight is 1060 g/mol. The van der Waals surface area contributed by atoms with E-state index in [-0.39, 0.29) is 25.9 Å². The van der Waals surface area contributed by atoms with Crippen LogP contribution in [0.5, 0.6) is 0 Å². The molecule has 12 heteroatoms. The van der Waals surface area contributed by atoms with Crippen LogP contribution in [0, 0.1) is 0 Å². The number of aliphatic hydroxyl groups is 2. The summed E-state index contributed by atoms with van der Waals surface area (Å²) in [6, 6.07) is 0. The lowest BCUT2D eigenvalue weighted by Gasteiger charge is -2.40. The summed E-state index contributed by atoms with van der Waals surface area (Å²) in [5.41, 5.74) is 0. The van der Waals surface area contributed by atoms with Crippen molar-refractivity contribution >= 4 is 23.9 Å². The SMILES string of the molecule is CCCC/C=C\CCCCCCCC(=O)OC(COC(=O)CCCCCCC/C=C\CCCCCCCC)COC1OC(C(=O)O)C(O)C(O)C1OC(=O)CCCCCCCCCCC/C=C\CCCCCCCC. The molecule has 0 aromatic rings. The Kier molecular flexibility index (Phi) is 48.2. The van der Waals surface area contributed by atoms with Crippen molar-refractivity contribution in [2.75, 3.05) is 13.2 Å². The Morgan fingerprint density at radius 3 is 1.17 bits per heavy atom. The van der Waals surface area contributed by atoms with E-state index in [1.807, 2.05) is 0 Å². The number of hydrogen-bond acceptors (Lipinski definition) is 11. The van der Waals surface area contributed by atoms with Gasteiger partial charge in [-0.15, -0.1) is 0 Å². The van der Waals surface area contributed by atoms with Crippen molar-refractivity contribution in [2.24, 2.45) is 0 Å². The summed E-state index contributed by atoms with van der Waals surface area (Å²) >= 11 is 0. The summed E-state index contributed by atoms with van der Waals surface area (Å²) in [6.45, 7) is 5.95. The smallest absolute Gasteiger partial charge is 0.335 e. The summed E-state index contributed by atoms with van der Waals surface area (Å²) in [6.07, 6.45) is 48.3. The number of rotatable bonds is 53. The Bertz CT molecular complexity index is 1450. The minimum atomic E-state index is -1.90.